The van der Waals surface area contributed by atoms with Gasteiger partial charge in [0.1, 0.15) is 0 Å². The molecule has 2 unspecified atom stereocenters. The largest absolute Gasteiger partial charge is 0.401 e. The van der Waals surface area contributed by atoms with E-state index in [4.69, 9.17) is 10.5 Å². The van der Waals surface area contributed by atoms with Crippen molar-refractivity contribution in [3.8, 4) is 0 Å². The van der Waals surface area contributed by atoms with Gasteiger partial charge in [-0.3, -0.25) is 4.79 Å². The maximum atomic E-state index is 11.1. The molecule has 2 aliphatic carbocycles. The molecule has 1 saturated carbocycles. The maximum absolute atomic E-state index is 11.1. The number of hydrogen-bond acceptors (Lipinski definition) is 3. The minimum absolute atomic E-state index is 0.0327. The molecule has 13 heavy (non-hydrogen) atoms. The summed E-state index contributed by atoms with van der Waals surface area (Å²) in [5, 5.41) is 0. The molecule has 0 spiro atoms. The van der Waals surface area contributed by atoms with Gasteiger partial charge in [0.15, 0.2) is 5.78 Å². The highest BCUT2D eigenvalue weighted by atomic mass is 16.5. The number of ether oxygens (including phenoxy) is 1. The van der Waals surface area contributed by atoms with E-state index in [2.05, 4.69) is 0 Å². The Hall–Kier alpha value is -1.09. The van der Waals surface area contributed by atoms with Crippen molar-refractivity contribution < 1.29 is 9.53 Å². The van der Waals surface area contributed by atoms with E-state index in [0.29, 0.717) is 11.3 Å². The highest BCUT2D eigenvalue weighted by Crippen LogP contribution is 2.53. The molecule has 1 fully saturated rings. The molecule has 70 valence electrons. The van der Waals surface area contributed by atoms with Crippen LogP contribution >= 0.6 is 0 Å². The number of methoxy groups -OCH3 is 1. The monoisotopic (exact) mass is 179 g/mol. The van der Waals surface area contributed by atoms with Gasteiger partial charge in [0.2, 0.25) is 0 Å². The lowest BCUT2D eigenvalue weighted by Crippen LogP contribution is -2.21. The van der Waals surface area contributed by atoms with Gasteiger partial charge in [-0.2, -0.15) is 0 Å². The van der Waals surface area contributed by atoms with Crippen molar-refractivity contribution in [2.75, 3.05) is 7.11 Å². The molecule has 3 nitrogen and oxygen atoms in total. The van der Waals surface area contributed by atoms with Gasteiger partial charge < -0.3 is 10.5 Å². The van der Waals surface area contributed by atoms with E-state index in [1.165, 1.54) is 6.92 Å². The van der Waals surface area contributed by atoms with Crippen LogP contribution in [0.2, 0.25) is 0 Å². The van der Waals surface area contributed by atoms with Crippen molar-refractivity contribution in [2.24, 2.45) is 11.7 Å². The smallest absolute Gasteiger partial charge is 0.161 e. The van der Waals surface area contributed by atoms with Crippen LogP contribution in [0.15, 0.2) is 23.4 Å². The minimum Gasteiger partial charge on any atom is -0.401 e. The third kappa shape index (κ3) is 1.04. The number of allylic oxidation sites excluding steroid dienone is 2. The molecule has 2 atom stereocenters. The number of fused-ring (bicyclic) bond motifs is 1. The predicted octanol–water partition coefficient (Wildman–Crippen LogP) is 0.763. The second-order valence-corrected chi connectivity index (χ2v) is 3.67. The van der Waals surface area contributed by atoms with Crippen LogP contribution < -0.4 is 5.73 Å². The standard InChI is InChI=1S/C10H13NO2/c1-6(12)7-3-4-10(13-2)5-8(10)9(7)11/h3-4,8H,5,11H2,1-2H3. The fourth-order valence-electron chi connectivity index (χ4n) is 1.94. The second kappa shape index (κ2) is 2.45. The van der Waals surface area contributed by atoms with Crippen molar-refractivity contribution in [3.05, 3.63) is 23.4 Å². The Balaban J connectivity index is 2.33. The average molecular weight is 179 g/mol. The molecule has 0 aromatic rings. The van der Waals surface area contributed by atoms with Gasteiger partial charge in [-0.25, -0.2) is 0 Å². The van der Waals surface area contributed by atoms with Crippen LogP contribution in [-0.4, -0.2) is 18.5 Å². The van der Waals surface area contributed by atoms with Gasteiger partial charge in [0.25, 0.3) is 0 Å². The van der Waals surface area contributed by atoms with Crippen molar-refractivity contribution in [2.45, 2.75) is 18.9 Å². The topological polar surface area (TPSA) is 52.3 Å². The fourth-order valence-corrected chi connectivity index (χ4v) is 1.94. The number of nitrogens with two attached hydrogens (primary N) is 1. The van der Waals surface area contributed by atoms with Gasteiger partial charge in [-0.1, -0.05) is 12.2 Å². The van der Waals surface area contributed by atoms with E-state index in [1.807, 2.05) is 6.08 Å². The first kappa shape index (κ1) is 8.51. The molecule has 0 aromatic carbocycles. The number of hydrogen-bond donors (Lipinski definition) is 1. The Kier molecular flexibility index (Phi) is 1.60. The van der Waals surface area contributed by atoms with E-state index in [1.54, 1.807) is 13.2 Å². The lowest BCUT2D eigenvalue weighted by molar-refractivity contribution is -0.113. The third-order valence-electron chi connectivity index (χ3n) is 2.93. The van der Waals surface area contributed by atoms with Gasteiger partial charge in [0.05, 0.1) is 5.60 Å². The van der Waals surface area contributed by atoms with Crippen LogP contribution in [0.25, 0.3) is 0 Å². The SMILES string of the molecule is COC12C=CC(C(C)=O)=C(N)C1C2. The lowest BCUT2D eigenvalue weighted by atomic mass is 9.99. The molecule has 0 bridgehead atoms. The molecule has 0 aliphatic heterocycles. The second-order valence-electron chi connectivity index (χ2n) is 3.67. The predicted molar refractivity (Wildman–Crippen MR) is 48.9 cm³/mol. The summed E-state index contributed by atoms with van der Waals surface area (Å²) in [6.45, 7) is 1.54. The van der Waals surface area contributed by atoms with Crippen LogP contribution in [0.1, 0.15) is 13.3 Å². The molecule has 3 heteroatoms. The van der Waals surface area contributed by atoms with Crippen LogP contribution in [0, 0.1) is 5.92 Å². The Labute approximate surface area is 77.2 Å². The Morgan fingerprint density at radius 3 is 3.00 bits per heavy atom. The first-order chi connectivity index (χ1) is 6.10. The summed E-state index contributed by atoms with van der Waals surface area (Å²) >= 11 is 0. The first-order valence-corrected chi connectivity index (χ1v) is 4.36. The maximum Gasteiger partial charge on any atom is 0.161 e. The molecule has 2 N–H and O–H groups in total. The normalized spacial score (nSPS) is 36.0. The van der Waals surface area contributed by atoms with Crippen LogP contribution in [-0.2, 0) is 9.53 Å². The summed E-state index contributed by atoms with van der Waals surface area (Å²) < 4.78 is 5.34. The molecule has 0 radical (unpaired) electrons. The Morgan fingerprint density at radius 1 is 1.77 bits per heavy atom. The molecular formula is C10H13NO2. The zero-order valence-electron chi connectivity index (χ0n) is 7.83. The summed E-state index contributed by atoms with van der Waals surface area (Å²) in [6.07, 6.45) is 4.64. The lowest BCUT2D eigenvalue weighted by Gasteiger charge is -2.16. The molecule has 2 aliphatic rings. The fraction of sp³-hybridized carbons (Fsp3) is 0.500. The Bertz CT molecular complexity index is 330. The number of ketones is 1. The molecule has 0 aromatic heterocycles. The van der Waals surface area contributed by atoms with E-state index in [0.717, 1.165) is 6.42 Å². The zero-order chi connectivity index (χ0) is 9.64. The summed E-state index contributed by atoms with van der Waals surface area (Å²) in [6, 6.07) is 0. The van der Waals surface area contributed by atoms with E-state index >= 15 is 0 Å². The van der Waals surface area contributed by atoms with Crippen molar-refractivity contribution in [1.29, 1.82) is 0 Å². The van der Waals surface area contributed by atoms with E-state index in [9.17, 15) is 4.79 Å². The van der Waals surface area contributed by atoms with Gasteiger partial charge in [0, 0.05) is 24.3 Å². The average Bonchev–Trinajstić information content (AvgIpc) is 2.81. The number of Topliss-reactive ketones (excluding diaryl/α,β-unsaturated/α-hetero) is 1. The van der Waals surface area contributed by atoms with Crippen LogP contribution in [0.3, 0.4) is 0 Å². The van der Waals surface area contributed by atoms with Crippen LogP contribution in [0.4, 0.5) is 0 Å². The highest BCUT2D eigenvalue weighted by Gasteiger charge is 2.56. The number of rotatable bonds is 2. The van der Waals surface area contributed by atoms with Gasteiger partial charge in [-0.15, -0.1) is 0 Å². The minimum atomic E-state index is -0.191. The highest BCUT2D eigenvalue weighted by molar-refractivity contribution is 5.97. The van der Waals surface area contributed by atoms with Crippen molar-refractivity contribution >= 4 is 5.78 Å². The summed E-state index contributed by atoms with van der Waals surface area (Å²) in [5.41, 5.74) is 7.00. The quantitative estimate of drug-likeness (QED) is 0.681. The zero-order valence-corrected chi connectivity index (χ0v) is 7.83. The van der Waals surface area contributed by atoms with Crippen molar-refractivity contribution in [1.82, 2.24) is 0 Å². The molecule has 0 heterocycles. The van der Waals surface area contributed by atoms with E-state index < -0.39 is 0 Å². The molecule has 0 saturated heterocycles. The summed E-state index contributed by atoms with van der Waals surface area (Å²) in [5.74, 6) is 0.256. The first-order valence-electron chi connectivity index (χ1n) is 4.36. The van der Waals surface area contributed by atoms with E-state index in [-0.39, 0.29) is 17.3 Å². The van der Waals surface area contributed by atoms with Crippen molar-refractivity contribution in [3.63, 3.8) is 0 Å². The third-order valence-corrected chi connectivity index (χ3v) is 2.93. The number of carbonyl (C=O) groups is 1. The number of carbonyl (C=O) groups excluding carboxylic acids is 1. The summed E-state index contributed by atoms with van der Waals surface area (Å²) in [4.78, 5) is 11.1. The van der Waals surface area contributed by atoms with Gasteiger partial charge in [-0.05, 0) is 13.3 Å². The van der Waals surface area contributed by atoms with Crippen LogP contribution in [0.5, 0.6) is 0 Å². The Morgan fingerprint density at radius 2 is 2.46 bits per heavy atom. The summed E-state index contributed by atoms with van der Waals surface area (Å²) in [7, 11) is 1.68. The molecular weight excluding hydrogens is 166 g/mol. The molecule has 0 amide bonds. The van der Waals surface area contributed by atoms with Gasteiger partial charge >= 0.3 is 0 Å². The molecule has 2 rings (SSSR count).